The van der Waals surface area contributed by atoms with Gasteiger partial charge in [-0.3, -0.25) is 9.59 Å². The van der Waals surface area contributed by atoms with Gasteiger partial charge in [-0.05, 0) is 98.2 Å². The smallest absolute Gasteiger partial charge is 1.00 e. The number of allylic oxidation sites excluding steroid dienone is 4. The summed E-state index contributed by atoms with van der Waals surface area (Å²) < 4.78 is 0. The fourth-order valence-corrected chi connectivity index (χ4v) is 5.77. The van der Waals surface area contributed by atoms with Crippen LogP contribution in [-0.4, -0.2) is 65.1 Å². The van der Waals surface area contributed by atoms with E-state index in [2.05, 4.69) is 29.2 Å². The summed E-state index contributed by atoms with van der Waals surface area (Å²) in [4.78, 5) is 40.0. The molecule has 5 heterocycles. The summed E-state index contributed by atoms with van der Waals surface area (Å²) >= 11 is 0. The first-order valence-electron chi connectivity index (χ1n) is 13.9. The Morgan fingerprint density at radius 2 is 1.09 bits per heavy atom. The van der Waals surface area contributed by atoms with Crippen molar-refractivity contribution < 1.29 is 22.7 Å². The molecule has 0 saturated heterocycles. The van der Waals surface area contributed by atoms with Crippen molar-refractivity contribution in [2.45, 2.75) is 53.4 Å². The molecule has 0 aliphatic carbocycles. The van der Waals surface area contributed by atoms with E-state index in [0.29, 0.717) is 24.2 Å². The van der Waals surface area contributed by atoms with Crippen LogP contribution in [0.15, 0.2) is 37.4 Å². The van der Waals surface area contributed by atoms with Crippen LogP contribution in [0.1, 0.15) is 87.4 Å². The first-order valence-corrected chi connectivity index (χ1v) is 13.9. The Hall–Kier alpha value is -4.21. The molecule has 43 heavy (non-hydrogen) atoms. The zero-order valence-corrected chi connectivity index (χ0v) is 26.4. The average molecular weight is 589 g/mol. The van der Waals surface area contributed by atoms with Gasteiger partial charge in [0, 0.05) is 46.0 Å². The van der Waals surface area contributed by atoms with Gasteiger partial charge in [0.25, 0.3) is 0 Å². The normalized spacial score (nSPS) is 12.7. The van der Waals surface area contributed by atoms with Crippen LogP contribution in [0.4, 0.5) is 0 Å². The predicted octanol–water partition coefficient (Wildman–Crippen LogP) is 7.65. The molecule has 0 atom stereocenters. The van der Waals surface area contributed by atoms with Crippen LogP contribution in [0.5, 0.6) is 0 Å². The summed E-state index contributed by atoms with van der Waals surface area (Å²) in [7, 11) is 0. The molecular formula is C34H36MgN4O4. The van der Waals surface area contributed by atoms with E-state index in [9.17, 15) is 19.8 Å². The molecule has 0 saturated carbocycles. The van der Waals surface area contributed by atoms with Crippen molar-refractivity contribution in [2.75, 3.05) is 0 Å². The number of nitrogens with zero attached hydrogens (tertiary/aromatic N) is 2. The molecule has 0 fully saturated rings. The van der Waals surface area contributed by atoms with E-state index in [0.717, 1.165) is 78.0 Å². The number of hydrogen-bond acceptors (Lipinski definition) is 4. The van der Waals surface area contributed by atoms with Gasteiger partial charge < -0.3 is 23.0 Å². The minimum absolute atomic E-state index is 0. The van der Waals surface area contributed by atoms with Crippen LogP contribution < -0.4 is 0 Å². The molecule has 9 heteroatoms. The van der Waals surface area contributed by atoms with Crippen molar-refractivity contribution >= 4 is 91.5 Å². The SMILES string of the molecule is C=Cc1c(C)c2cc3[nH]c(cc4nc(cc5nc(cc1[nH]2)C(C)=C5CCC(=O)O)C(CCC(=O)O)=C4C)c(C)c3C=C.[H-].[H-].[Mg+2]. The molecule has 2 aliphatic rings. The Bertz CT molecular complexity index is 1940. The number of aliphatic carboxylic acids is 2. The number of carboxylic acid groups (broad SMARTS) is 2. The second-order valence-electron chi connectivity index (χ2n) is 10.7. The van der Waals surface area contributed by atoms with Crippen LogP contribution in [0.25, 0.3) is 56.5 Å². The Balaban J connectivity index is 0.00000235. The molecule has 2 aliphatic heterocycles. The monoisotopic (exact) mass is 588 g/mol. The molecule has 0 radical (unpaired) electrons. The third kappa shape index (κ3) is 6.00. The van der Waals surface area contributed by atoms with Crippen LogP contribution in [0.2, 0.25) is 0 Å². The summed E-state index contributed by atoms with van der Waals surface area (Å²) in [5.41, 5.74) is 13.7. The van der Waals surface area contributed by atoms with Crippen molar-refractivity contribution in [3.8, 4) is 0 Å². The number of carbonyl (C=O) groups is 2. The Morgan fingerprint density at radius 1 is 0.698 bits per heavy atom. The van der Waals surface area contributed by atoms with E-state index in [1.54, 1.807) is 0 Å². The number of aromatic amines is 2. The number of carboxylic acids is 2. The van der Waals surface area contributed by atoms with Gasteiger partial charge in [-0.25, -0.2) is 9.97 Å². The Kier molecular flexibility index (Phi) is 9.27. The van der Waals surface area contributed by atoms with Crippen molar-refractivity contribution in [3.05, 3.63) is 82.5 Å². The van der Waals surface area contributed by atoms with Gasteiger partial charge in [0.1, 0.15) is 0 Å². The minimum Gasteiger partial charge on any atom is -1.00 e. The number of aryl methyl sites for hydroxylation is 2. The summed E-state index contributed by atoms with van der Waals surface area (Å²) in [6.07, 6.45) is 4.20. The third-order valence-corrected chi connectivity index (χ3v) is 8.22. The fraction of sp³-hybridized carbons (Fsp3) is 0.235. The molecule has 0 aromatic carbocycles. The second-order valence-corrected chi connectivity index (χ2v) is 10.7. The van der Waals surface area contributed by atoms with E-state index < -0.39 is 11.9 Å². The molecule has 3 aromatic rings. The average Bonchev–Trinajstić information content (AvgIpc) is 3.59. The minimum atomic E-state index is -0.889. The first-order chi connectivity index (χ1) is 20.0. The van der Waals surface area contributed by atoms with E-state index >= 15 is 0 Å². The predicted molar refractivity (Wildman–Crippen MR) is 177 cm³/mol. The van der Waals surface area contributed by atoms with Gasteiger partial charge in [-0.15, -0.1) is 0 Å². The van der Waals surface area contributed by atoms with Crippen LogP contribution in [-0.2, 0) is 9.59 Å². The van der Waals surface area contributed by atoms with Crippen LogP contribution in [0.3, 0.4) is 0 Å². The van der Waals surface area contributed by atoms with Crippen molar-refractivity contribution in [2.24, 2.45) is 0 Å². The first kappa shape index (κ1) is 31.7. The van der Waals surface area contributed by atoms with Gasteiger partial charge in [-0.2, -0.15) is 0 Å². The van der Waals surface area contributed by atoms with Crippen LogP contribution in [0, 0.1) is 13.8 Å². The van der Waals surface area contributed by atoms with Gasteiger partial charge in [-0.1, -0.05) is 25.3 Å². The van der Waals surface area contributed by atoms with E-state index in [1.165, 1.54) is 0 Å². The molecule has 218 valence electrons. The van der Waals surface area contributed by atoms with Gasteiger partial charge >= 0.3 is 35.0 Å². The molecule has 8 bridgehead atoms. The third-order valence-electron chi connectivity index (χ3n) is 8.22. The number of nitrogens with one attached hydrogen (secondary N) is 2. The number of aromatic nitrogens is 4. The Labute approximate surface area is 269 Å². The molecule has 0 amide bonds. The fourth-order valence-electron chi connectivity index (χ4n) is 5.77. The van der Waals surface area contributed by atoms with Crippen molar-refractivity contribution in [1.29, 1.82) is 0 Å². The number of rotatable bonds is 8. The molecule has 0 unspecified atom stereocenters. The molecular weight excluding hydrogens is 553 g/mol. The summed E-state index contributed by atoms with van der Waals surface area (Å²) in [5, 5.41) is 18.9. The molecule has 8 nitrogen and oxygen atoms in total. The molecule has 4 N–H and O–H groups in total. The zero-order valence-electron chi connectivity index (χ0n) is 27.0. The quantitative estimate of drug-likeness (QED) is 0.200. The molecule has 5 rings (SSSR count). The van der Waals surface area contributed by atoms with Crippen molar-refractivity contribution in [3.63, 3.8) is 0 Å². The summed E-state index contributed by atoms with van der Waals surface area (Å²) in [6, 6.07) is 7.88. The van der Waals surface area contributed by atoms with Crippen LogP contribution >= 0.6 is 0 Å². The van der Waals surface area contributed by atoms with Gasteiger partial charge in [0.2, 0.25) is 0 Å². The maximum Gasteiger partial charge on any atom is 2.00 e. The largest absolute Gasteiger partial charge is 2.00 e. The summed E-state index contributed by atoms with van der Waals surface area (Å²) in [6.45, 7) is 16.1. The van der Waals surface area contributed by atoms with Crippen molar-refractivity contribution in [1.82, 2.24) is 19.9 Å². The van der Waals surface area contributed by atoms with E-state index in [1.807, 2.05) is 58.0 Å². The molecule has 0 spiro atoms. The van der Waals surface area contributed by atoms with E-state index in [-0.39, 0.29) is 38.7 Å². The standard InChI is InChI=1S/C34H34N4O4.Mg.2H/c1-7-21-17(3)25-13-26-19(5)23(9-11-33(39)40)31(37-26)16-32-24(10-12-34(41)42)20(6)28(38-32)15-30-22(8-2)18(4)27(36-30)14-29(21)35-25;;;/h7-8,13-16,35-36H,1-2,9-12H2,3-6H3,(H,39,40)(H,41,42);;;/q;+2;2*-1. The Morgan fingerprint density at radius 3 is 1.51 bits per heavy atom. The van der Waals surface area contributed by atoms with Gasteiger partial charge in [0.15, 0.2) is 0 Å². The number of hydrogen-bond donors (Lipinski definition) is 4. The van der Waals surface area contributed by atoms with E-state index in [4.69, 9.17) is 9.97 Å². The maximum atomic E-state index is 11.5. The topological polar surface area (TPSA) is 132 Å². The molecule has 3 aromatic heterocycles. The number of fused-ring (bicyclic) bond motifs is 8. The number of H-pyrrole nitrogens is 2. The van der Waals surface area contributed by atoms with Gasteiger partial charge in [0.05, 0.1) is 22.8 Å². The maximum absolute atomic E-state index is 11.5. The second kappa shape index (κ2) is 12.6. The summed E-state index contributed by atoms with van der Waals surface area (Å²) in [5.74, 6) is -1.78. The zero-order chi connectivity index (χ0) is 30.3.